The third-order valence-corrected chi connectivity index (χ3v) is 5.46. The number of likely N-dealkylation sites (N-methyl/N-ethyl adjacent to an activating group) is 1. The van der Waals surface area contributed by atoms with Crippen LogP contribution in [0.5, 0.6) is 5.75 Å². The Labute approximate surface area is 194 Å². The molecule has 0 bridgehead atoms. The molecule has 1 saturated heterocycles. The molecule has 0 saturated carbocycles. The van der Waals surface area contributed by atoms with Crippen LogP contribution in [-0.2, 0) is 0 Å². The molecule has 6 nitrogen and oxygen atoms in total. The second-order valence-electron chi connectivity index (χ2n) is 8.10. The van der Waals surface area contributed by atoms with Gasteiger partial charge in [0.25, 0.3) is 5.91 Å². The number of rotatable bonds is 6. The number of carbonyl (C=O) groups excluding carboxylic acids is 1. The zero-order chi connectivity index (χ0) is 22.4. The molecule has 1 amide bonds. The van der Waals surface area contributed by atoms with E-state index in [2.05, 4.69) is 41.3 Å². The third-order valence-electron chi connectivity index (χ3n) is 4.96. The fraction of sp³-hybridized carbons (Fsp3) is 0.391. The lowest BCUT2D eigenvalue weighted by molar-refractivity contribution is 0.0977. The lowest BCUT2D eigenvalue weighted by Gasteiger charge is -2.34. The molecule has 0 spiro atoms. The quantitative estimate of drug-likeness (QED) is 0.628. The minimum absolute atomic E-state index is 0.210. The molecule has 2 aromatic carbocycles. The lowest BCUT2D eigenvalue weighted by atomic mass is 10.2. The number of nitrogens with one attached hydrogen (secondary N) is 2. The van der Waals surface area contributed by atoms with Crippen molar-refractivity contribution in [2.45, 2.75) is 13.8 Å². The van der Waals surface area contributed by atoms with E-state index in [4.69, 9.17) is 28.6 Å². The highest BCUT2D eigenvalue weighted by Gasteiger charge is 2.17. The van der Waals surface area contributed by atoms with Crippen molar-refractivity contribution in [1.82, 2.24) is 10.2 Å². The van der Waals surface area contributed by atoms with Crippen molar-refractivity contribution in [1.29, 1.82) is 0 Å². The predicted molar refractivity (Wildman–Crippen MR) is 132 cm³/mol. The van der Waals surface area contributed by atoms with E-state index in [0.29, 0.717) is 28.9 Å². The van der Waals surface area contributed by atoms with E-state index in [1.807, 2.05) is 24.3 Å². The molecule has 3 rings (SSSR count). The Bertz CT molecular complexity index is 930. The van der Waals surface area contributed by atoms with Gasteiger partial charge in [-0.1, -0.05) is 31.5 Å². The van der Waals surface area contributed by atoms with Crippen LogP contribution in [0.4, 0.5) is 11.4 Å². The smallest absolute Gasteiger partial charge is 0.257 e. The summed E-state index contributed by atoms with van der Waals surface area (Å²) < 4.78 is 5.69. The number of benzene rings is 2. The molecular weight excluding hydrogens is 432 g/mol. The Balaban J connectivity index is 1.57. The van der Waals surface area contributed by atoms with Gasteiger partial charge in [0, 0.05) is 37.4 Å². The molecule has 2 aromatic rings. The lowest BCUT2D eigenvalue weighted by Crippen LogP contribution is -2.44. The van der Waals surface area contributed by atoms with Crippen molar-refractivity contribution in [3.8, 4) is 5.75 Å². The minimum atomic E-state index is -0.298. The Kier molecular flexibility index (Phi) is 8.12. The van der Waals surface area contributed by atoms with Crippen molar-refractivity contribution in [2.75, 3.05) is 50.1 Å². The highest BCUT2D eigenvalue weighted by molar-refractivity contribution is 7.80. The number of thiocarbonyl (C=S) groups is 1. The summed E-state index contributed by atoms with van der Waals surface area (Å²) in [7, 11) is 2.12. The standard InChI is InChI=1S/C23H29ClN4O2S/c1-16(2)15-30-19-6-4-5-17(13-19)22(29)26-23(31)25-18-7-8-21(20(24)14-18)28-11-9-27(3)10-12-28/h4-8,13-14,16H,9-12,15H2,1-3H3,(H2,25,26,29,31). The van der Waals surface area contributed by atoms with Crippen molar-refractivity contribution in [2.24, 2.45) is 5.92 Å². The summed E-state index contributed by atoms with van der Waals surface area (Å²) in [6.07, 6.45) is 0. The highest BCUT2D eigenvalue weighted by Crippen LogP contribution is 2.29. The van der Waals surface area contributed by atoms with Crippen LogP contribution in [0.3, 0.4) is 0 Å². The molecule has 1 heterocycles. The number of nitrogens with zero attached hydrogens (tertiary/aromatic N) is 2. The molecule has 166 valence electrons. The number of amides is 1. The molecule has 1 aliphatic heterocycles. The fourth-order valence-electron chi connectivity index (χ4n) is 3.22. The third kappa shape index (κ3) is 6.82. The van der Waals surface area contributed by atoms with Gasteiger partial charge in [-0.15, -0.1) is 0 Å². The van der Waals surface area contributed by atoms with Gasteiger partial charge in [0.2, 0.25) is 0 Å². The van der Waals surface area contributed by atoms with Crippen LogP contribution in [0.25, 0.3) is 0 Å². The topological polar surface area (TPSA) is 56.8 Å². The van der Waals surface area contributed by atoms with Crippen LogP contribution in [0, 0.1) is 5.92 Å². The average Bonchev–Trinajstić information content (AvgIpc) is 2.73. The van der Waals surface area contributed by atoms with Crippen LogP contribution in [-0.4, -0.2) is 55.8 Å². The van der Waals surface area contributed by atoms with E-state index in [9.17, 15) is 4.79 Å². The maximum absolute atomic E-state index is 12.6. The monoisotopic (exact) mass is 460 g/mol. The zero-order valence-electron chi connectivity index (χ0n) is 18.2. The summed E-state index contributed by atoms with van der Waals surface area (Å²) in [6, 6.07) is 12.8. The molecule has 0 aromatic heterocycles. The van der Waals surface area contributed by atoms with Crippen LogP contribution in [0.15, 0.2) is 42.5 Å². The van der Waals surface area contributed by atoms with E-state index in [1.165, 1.54) is 0 Å². The number of hydrogen-bond acceptors (Lipinski definition) is 5. The van der Waals surface area contributed by atoms with Crippen molar-refractivity contribution in [3.05, 3.63) is 53.1 Å². The molecule has 2 N–H and O–H groups in total. The van der Waals surface area contributed by atoms with Gasteiger partial charge in [-0.2, -0.15) is 0 Å². The molecule has 0 unspecified atom stereocenters. The fourth-order valence-corrected chi connectivity index (χ4v) is 3.73. The van der Waals surface area contributed by atoms with Gasteiger partial charge in [-0.05, 0) is 61.6 Å². The van der Waals surface area contributed by atoms with E-state index in [1.54, 1.807) is 18.2 Å². The first kappa shape index (κ1) is 23.3. The van der Waals surface area contributed by atoms with Crippen molar-refractivity contribution >= 4 is 46.2 Å². The SMILES string of the molecule is CC(C)COc1cccc(C(=O)NC(=S)Nc2ccc(N3CCN(C)CC3)c(Cl)c2)c1. The summed E-state index contributed by atoms with van der Waals surface area (Å²) in [5.74, 6) is 0.767. The minimum Gasteiger partial charge on any atom is -0.493 e. The Morgan fingerprint density at radius 3 is 2.58 bits per heavy atom. The number of halogens is 1. The molecule has 1 aliphatic rings. The second kappa shape index (κ2) is 10.8. The Hall–Kier alpha value is -2.35. The van der Waals surface area contributed by atoms with E-state index in [-0.39, 0.29) is 11.0 Å². The molecular formula is C23H29ClN4O2S. The van der Waals surface area contributed by atoms with Gasteiger partial charge in [0.15, 0.2) is 5.11 Å². The number of piperazine rings is 1. The molecule has 1 fully saturated rings. The number of hydrogen-bond donors (Lipinski definition) is 2. The average molecular weight is 461 g/mol. The Morgan fingerprint density at radius 1 is 1.16 bits per heavy atom. The van der Waals surface area contributed by atoms with Gasteiger partial charge in [0.1, 0.15) is 5.75 Å². The molecule has 0 atom stereocenters. The van der Waals surface area contributed by atoms with Crippen LogP contribution in [0.2, 0.25) is 5.02 Å². The van der Waals surface area contributed by atoms with Gasteiger partial charge >= 0.3 is 0 Å². The summed E-state index contributed by atoms with van der Waals surface area (Å²) in [5, 5.41) is 6.60. The van der Waals surface area contributed by atoms with Gasteiger partial charge in [-0.25, -0.2) is 0 Å². The highest BCUT2D eigenvalue weighted by atomic mass is 35.5. The molecule has 0 aliphatic carbocycles. The number of carbonyl (C=O) groups is 1. The molecule has 8 heteroatoms. The Morgan fingerprint density at radius 2 is 1.90 bits per heavy atom. The predicted octanol–water partition coefficient (Wildman–Crippen LogP) is 4.25. The molecule has 0 radical (unpaired) electrons. The van der Waals surface area contributed by atoms with Gasteiger partial charge in [0.05, 0.1) is 17.3 Å². The summed E-state index contributed by atoms with van der Waals surface area (Å²) in [6.45, 7) is 8.65. The summed E-state index contributed by atoms with van der Waals surface area (Å²) >= 11 is 11.8. The maximum Gasteiger partial charge on any atom is 0.257 e. The van der Waals surface area contributed by atoms with E-state index < -0.39 is 0 Å². The zero-order valence-corrected chi connectivity index (χ0v) is 19.7. The van der Waals surface area contributed by atoms with Crippen LogP contribution in [0.1, 0.15) is 24.2 Å². The molecule has 31 heavy (non-hydrogen) atoms. The van der Waals surface area contributed by atoms with Gasteiger partial charge in [-0.3, -0.25) is 10.1 Å². The van der Waals surface area contributed by atoms with Crippen LogP contribution >= 0.6 is 23.8 Å². The maximum atomic E-state index is 12.6. The second-order valence-corrected chi connectivity index (χ2v) is 8.91. The first-order valence-corrected chi connectivity index (χ1v) is 11.2. The number of ether oxygens (including phenoxy) is 1. The number of anilines is 2. The van der Waals surface area contributed by atoms with Crippen molar-refractivity contribution in [3.63, 3.8) is 0 Å². The summed E-state index contributed by atoms with van der Waals surface area (Å²) in [4.78, 5) is 17.1. The first-order chi connectivity index (χ1) is 14.8. The van der Waals surface area contributed by atoms with Crippen LogP contribution < -0.4 is 20.3 Å². The summed E-state index contributed by atoms with van der Waals surface area (Å²) in [5.41, 5.74) is 2.21. The largest absolute Gasteiger partial charge is 0.493 e. The van der Waals surface area contributed by atoms with E-state index >= 15 is 0 Å². The van der Waals surface area contributed by atoms with E-state index in [0.717, 1.165) is 37.6 Å². The van der Waals surface area contributed by atoms with Gasteiger partial charge < -0.3 is 19.9 Å². The van der Waals surface area contributed by atoms with Crippen molar-refractivity contribution < 1.29 is 9.53 Å². The normalized spacial score (nSPS) is 14.4. The first-order valence-electron chi connectivity index (χ1n) is 10.4.